The molecule has 0 amide bonds. The maximum atomic E-state index is 11.7. The molecule has 6 nitrogen and oxygen atoms in total. The normalized spacial score (nSPS) is 10.1. The summed E-state index contributed by atoms with van der Waals surface area (Å²) in [4.78, 5) is 23.5. The highest BCUT2D eigenvalue weighted by Crippen LogP contribution is 2.16. The maximum Gasteiger partial charge on any atom is 0.356 e. The lowest BCUT2D eigenvalue weighted by Crippen LogP contribution is -2.08. The van der Waals surface area contributed by atoms with Crippen molar-refractivity contribution in [2.75, 3.05) is 7.11 Å². The molecule has 2 rings (SSSR count). The average molecular weight is 266 g/mol. The fraction of sp³-hybridized carbons (Fsp3) is 0.182. The van der Waals surface area contributed by atoms with Gasteiger partial charge in [-0.15, -0.1) is 16.4 Å². The van der Waals surface area contributed by atoms with Crippen LogP contribution in [0.25, 0.3) is 0 Å². The van der Waals surface area contributed by atoms with Gasteiger partial charge >= 0.3 is 11.9 Å². The van der Waals surface area contributed by atoms with Gasteiger partial charge in [0.25, 0.3) is 0 Å². The molecule has 0 aromatic carbocycles. The van der Waals surface area contributed by atoms with Crippen molar-refractivity contribution in [3.05, 3.63) is 34.2 Å². The molecular weight excluding hydrogens is 256 g/mol. The Morgan fingerprint density at radius 3 is 2.78 bits per heavy atom. The topological polar surface area (TPSA) is 70.4 Å². The highest BCUT2D eigenvalue weighted by Gasteiger charge is 2.17. The van der Waals surface area contributed by atoms with Gasteiger partial charge in [-0.3, -0.25) is 4.68 Å². The molecule has 0 bridgehead atoms. The SMILES string of the molecule is COC(=O)c1cc(OC(=O)c2cccs2)nn1C. The van der Waals surface area contributed by atoms with Crippen molar-refractivity contribution in [1.82, 2.24) is 9.78 Å². The van der Waals surface area contributed by atoms with Gasteiger partial charge in [0.1, 0.15) is 10.6 Å². The third kappa shape index (κ3) is 2.40. The Balaban J connectivity index is 2.16. The van der Waals surface area contributed by atoms with Gasteiger partial charge in [-0.25, -0.2) is 9.59 Å². The van der Waals surface area contributed by atoms with E-state index in [2.05, 4.69) is 9.84 Å². The lowest BCUT2D eigenvalue weighted by atomic mass is 10.4. The lowest BCUT2D eigenvalue weighted by Gasteiger charge is -1.96. The van der Waals surface area contributed by atoms with Crippen LogP contribution < -0.4 is 4.74 Å². The molecule has 94 valence electrons. The summed E-state index contributed by atoms with van der Waals surface area (Å²) in [5.41, 5.74) is 0.214. The first-order valence-corrected chi connectivity index (χ1v) is 5.88. The number of esters is 2. The van der Waals surface area contributed by atoms with Crippen LogP contribution in [0.5, 0.6) is 5.88 Å². The standard InChI is InChI=1S/C11H10N2O4S/c1-13-7(10(14)16-2)6-9(12-13)17-11(15)8-4-3-5-18-8/h3-6H,1-2H3. The molecule has 0 unspecified atom stereocenters. The number of hydrogen-bond acceptors (Lipinski definition) is 6. The Morgan fingerprint density at radius 1 is 1.39 bits per heavy atom. The molecule has 0 fully saturated rings. The third-order valence-corrected chi connectivity index (χ3v) is 3.02. The number of aromatic nitrogens is 2. The summed E-state index contributed by atoms with van der Waals surface area (Å²) in [5.74, 6) is -0.973. The van der Waals surface area contributed by atoms with Gasteiger partial charge < -0.3 is 9.47 Å². The van der Waals surface area contributed by atoms with Gasteiger partial charge in [0.05, 0.1) is 7.11 Å². The van der Waals surface area contributed by atoms with Crippen LogP contribution in [0.15, 0.2) is 23.6 Å². The van der Waals surface area contributed by atoms with E-state index in [1.807, 2.05) is 0 Å². The number of carbonyl (C=O) groups is 2. The molecule has 2 aromatic rings. The van der Waals surface area contributed by atoms with Gasteiger partial charge in [0.15, 0.2) is 0 Å². The maximum absolute atomic E-state index is 11.7. The van der Waals surface area contributed by atoms with E-state index in [0.29, 0.717) is 4.88 Å². The van der Waals surface area contributed by atoms with Crippen LogP contribution in [0.2, 0.25) is 0 Å². The van der Waals surface area contributed by atoms with Crippen LogP contribution in [0.4, 0.5) is 0 Å². The second-order valence-corrected chi connectivity index (χ2v) is 4.30. The molecule has 2 aromatic heterocycles. The van der Waals surface area contributed by atoms with Crippen molar-refractivity contribution in [2.45, 2.75) is 0 Å². The first-order valence-electron chi connectivity index (χ1n) is 5.00. The van der Waals surface area contributed by atoms with E-state index >= 15 is 0 Å². The number of nitrogens with zero attached hydrogens (tertiary/aromatic N) is 2. The van der Waals surface area contributed by atoms with E-state index < -0.39 is 11.9 Å². The first-order chi connectivity index (χ1) is 8.61. The third-order valence-electron chi connectivity index (χ3n) is 2.17. The predicted octanol–water partition coefficient (Wildman–Crippen LogP) is 1.49. The summed E-state index contributed by atoms with van der Waals surface area (Å²) in [6.07, 6.45) is 0. The van der Waals surface area contributed by atoms with E-state index in [1.54, 1.807) is 24.6 Å². The smallest absolute Gasteiger partial charge is 0.356 e. The summed E-state index contributed by atoms with van der Waals surface area (Å²) in [5, 5.41) is 5.68. The van der Waals surface area contributed by atoms with E-state index in [-0.39, 0.29) is 11.6 Å². The number of thiophene rings is 1. The Kier molecular flexibility index (Phi) is 3.42. The number of hydrogen-bond donors (Lipinski definition) is 0. The minimum Gasteiger partial charge on any atom is -0.464 e. The van der Waals surface area contributed by atoms with E-state index in [0.717, 1.165) is 0 Å². The molecule has 7 heteroatoms. The van der Waals surface area contributed by atoms with E-state index in [9.17, 15) is 9.59 Å². The molecule has 18 heavy (non-hydrogen) atoms. The summed E-state index contributed by atoms with van der Waals surface area (Å²) in [6.45, 7) is 0. The molecule has 0 aliphatic heterocycles. The average Bonchev–Trinajstić information content (AvgIpc) is 2.97. The molecule has 0 N–H and O–H groups in total. The minimum absolute atomic E-state index is 0.0660. The second kappa shape index (κ2) is 5.01. The van der Waals surface area contributed by atoms with E-state index in [4.69, 9.17) is 4.74 Å². The quantitative estimate of drug-likeness (QED) is 0.787. The Labute approximate surface area is 107 Å². The minimum atomic E-state index is -0.538. The Morgan fingerprint density at radius 2 is 2.17 bits per heavy atom. The number of ether oxygens (including phenoxy) is 2. The number of methoxy groups -OCH3 is 1. The van der Waals surface area contributed by atoms with Crippen LogP contribution in [-0.4, -0.2) is 28.8 Å². The molecule has 0 saturated carbocycles. The monoisotopic (exact) mass is 266 g/mol. The van der Waals surface area contributed by atoms with Gasteiger partial charge in [-0.05, 0) is 11.4 Å². The van der Waals surface area contributed by atoms with Crippen molar-refractivity contribution in [3.63, 3.8) is 0 Å². The fourth-order valence-corrected chi connectivity index (χ4v) is 1.93. The summed E-state index contributed by atoms with van der Waals surface area (Å²) < 4.78 is 10.9. The van der Waals surface area contributed by atoms with Crippen LogP contribution in [0, 0.1) is 0 Å². The second-order valence-electron chi connectivity index (χ2n) is 3.35. The van der Waals surface area contributed by atoms with Gasteiger partial charge in [0, 0.05) is 13.1 Å². The van der Waals surface area contributed by atoms with Crippen molar-refractivity contribution in [2.24, 2.45) is 7.05 Å². The molecule has 2 heterocycles. The van der Waals surface area contributed by atoms with Crippen molar-refractivity contribution in [1.29, 1.82) is 0 Å². The van der Waals surface area contributed by atoms with Crippen molar-refractivity contribution >= 4 is 23.3 Å². The zero-order valence-electron chi connectivity index (χ0n) is 9.75. The Hall–Kier alpha value is -2.15. The van der Waals surface area contributed by atoms with Crippen LogP contribution in [0.3, 0.4) is 0 Å². The molecule has 0 aliphatic rings. The number of carbonyl (C=O) groups excluding carboxylic acids is 2. The lowest BCUT2D eigenvalue weighted by molar-refractivity contribution is 0.0587. The molecule has 0 radical (unpaired) electrons. The van der Waals surface area contributed by atoms with Crippen molar-refractivity contribution < 1.29 is 19.1 Å². The largest absolute Gasteiger partial charge is 0.464 e. The van der Waals surface area contributed by atoms with Gasteiger partial charge in [-0.2, -0.15) is 0 Å². The molecule has 0 atom stereocenters. The van der Waals surface area contributed by atoms with Crippen LogP contribution >= 0.6 is 11.3 Å². The zero-order chi connectivity index (χ0) is 13.1. The highest BCUT2D eigenvalue weighted by molar-refractivity contribution is 7.12. The first kappa shape index (κ1) is 12.3. The highest BCUT2D eigenvalue weighted by atomic mass is 32.1. The van der Waals surface area contributed by atoms with Crippen LogP contribution in [-0.2, 0) is 11.8 Å². The van der Waals surface area contributed by atoms with Gasteiger partial charge in [-0.1, -0.05) is 6.07 Å². The van der Waals surface area contributed by atoms with Crippen molar-refractivity contribution in [3.8, 4) is 5.88 Å². The summed E-state index contributed by atoms with van der Waals surface area (Å²) in [6, 6.07) is 4.76. The summed E-state index contributed by atoms with van der Waals surface area (Å²) in [7, 11) is 2.83. The van der Waals surface area contributed by atoms with E-state index in [1.165, 1.54) is 29.2 Å². The molecule has 0 saturated heterocycles. The predicted molar refractivity (Wildman–Crippen MR) is 63.8 cm³/mol. The van der Waals surface area contributed by atoms with Gasteiger partial charge in [0.2, 0.25) is 5.88 Å². The Bertz CT molecular complexity index is 574. The zero-order valence-corrected chi connectivity index (χ0v) is 10.6. The fourth-order valence-electron chi connectivity index (χ4n) is 1.33. The summed E-state index contributed by atoms with van der Waals surface area (Å²) >= 11 is 1.27. The number of aryl methyl sites for hydroxylation is 1. The number of rotatable bonds is 3. The molecule has 0 aliphatic carbocycles. The molecule has 0 spiro atoms. The molecular formula is C11H10N2O4S. The van der Waals surface area contributed by atoms with Crippen LogP contribution in [0.1, 0.15) is 20.2 Å².